The van der Waals surface area contributed by atoms with Crippen molar-refractivity contribution in [2.24, 2.45) is 11.8 Å². The molecule has 9 heteroatoms. The van der Waals surface area contributed by atoms with E-state index in [1.54, 1.807) is 38.6 Å². The van der Waals surface area contributed by atoms with Crippen molar-refractivity contribution < 1.29 is 19.5 Å². The molecule has 7 nitrogen and oxygen atoms in total. The lowest BCUT2D eigenvalue weighted by Crippen LogP contribution is -2.56. The molecule has 44 heavy (non-hydrogen) atoms. The number of halogens is 1. The van der Waals surface area contributed by atoms with Crippen LogP contribution in [0.1, 0.15) is 36.8 Å². The molecule has 2 bridgehead atoms. The number of aryl methyl sites for hydroxylation is 2. The molecule has 1 N–H and O–H groups in total. The summed E-state index contributed by atoms with van der Waals surface area (Å²) in [7, 11) is 0. The lowest BCUT2D eigenvalue weighted by Gasteiger charge is -2.39. The van der Waals surface area contributed by atoms with Crippen LogP contribution in [0.25, 0.3) is 0 Å². The third kappa shape index (κ3) is 5.56. The first kappa shape index (κ1) is 32.5. The van der Waals surface area contributed by atoms with E-state index in [9.17, 15) is 19.5 Å². The van der Waals surface area contributed by atoms with Gasteiger partial charge in [-0.1, -0.05) is 64.5 Å². The number of hydrogen-bond acceptors (Lipinski definition) is 5. The van der Waals surface area contributed by atoms with E-state index in [0.717, 1.165) is 28.9 Å². The van der Waals surface area contributed by atoms with E-state index in [0.29, 0.717) is 38.9 Å². The van der Waals surface area contributed by atoms with Crippen molar-refractivity contribution in [3.63, 3.8) is 0 Å². The van der Waals surface area contributed by atoms with E-state index in [-0.39, 0.29) is 34.4 Å². The van der Waals surface area contributed by atoms with Crippen LogP contribution in [0.3, 0.4) is 0 Å². The average molecular weight is 681 g/mol. The number of alkyl halides is 1. The zero-order chi connectivity index (χ0) is 31.6. The second-order valence-electron chi connectivity index (χ2n) is 12.0. The second-order valence-corrected chi connectivity index (χ2v) is 14.7. The number of rotatable bonds is 13. The number of carbonyl (C=O) groups excluding carboxylic acids is 3. The van der Waals surface area contributed by atoms with E-state index >= 15 is 0 Å². The van der Waals surface area contributed by atoms with Crippen LogP contribution >= 0.6 is 27.7 Å². The van der Waals surface area contributed by atoms with Crippen molar-refractivity contribution in [3.8, 4) is 0 Å². The summed E-state index contributed by atoms with van der Waals surface area (Å²) in [6, 6.07) is 14.7. The Hall–Kier alpha value is -2.88. The number of fused-ring (bicyclic) bond motifs is 1. The minimum Gasteiger partial charge on any atom is -0.396 e. The number of aliphatic hydroxyl groups is 1. The molecule has 0 radical (unpaired) electrons. The van der Waals surface area contributed by atoms with Crippen LogP contribution in [0.5, 0.6) is 0 Å². The molecule has 5 rings (SSSR count). The standard InChI is InChI=1S/C35H42BrN3O4S/c1-5-18-37(25-16-9-7-10-17-25)32(41)27-28-33(42)39(20-11-8-12-21-40)31(35(28)22-26(36)30(27)44-35)34(43)38(19-6-2)29-23(3)14-13-15-24(29)4/h5-7,9-10,13-17,26-28,30-31,40H,1-2,8,11-12,18-22H2,3-4H3/t26?,27-,28-,30-,31?,35?/m0/s1. The Labute approximate surface area is 273 Å². The van der Waals surface area contributed by atoms with Gasteiger partial charge in [0, 0.05) is 47.7 Å². The first-order valence-electron chi connectivity index (χ1n) is 15.4. The predicted octanol–water partition coefficient (Wildman–Crippen LogP) is 5.67. The molecule has 3 aliphatic rings. The molecule has 0 saturated carbocycles. The first-order chi connectivity index (χ1) is 21.2. The van der Waals surface area contributed by atoms with Gasteiger partial charge in [0.05, 0.1) is 16.6 Å². The SMILES string of the molecule is C=CCN(C(=O)[C@H]1[C@H]2C(=O)N(CCCCCO)C(C(=O)N(CC=C)c3c(C)cccc3C)C23CC(Br)[C@@H]1S3)c1ccccc1. The summed E-state index contributed by atoms with van der Waals surface area (Å²) in [6.45, 7) is 13.0. The van der Waals surface area contributed by atoms with Gasteiger partial charge < -0.3 is 19.8 Å². The van der Waals surface area contributed by atoms with Crippen molar-refractivity contribution >= 4 is 56.8 Å². The predicted molar refractivity (Wildman–Crippen MR) is 182 cm³/mol. The molecule has 0 aromatic heterocycles. The van der Waals surface area contributed by atoms with Crippen molar-refractivity contribution in [3.05, 3.63) is 85.0 Å². The number of para-hydroxylation sites is 2. The summed E-state index contributed by atoms with van der Waals surface area (Å²) in [6.07, 6.45) is 6.10. The highest BCUT2D eigenvalue weighted by Crippen LogP contribution is 2.68. The average Bonchev–Trinajstić information content (AvgIpc) is 3.60. The highest BCUT2D eigenvalue weighted by atomic mass is 79.9. The van der Waals surface area contributed by atoms with Gasteiger partial charge in [0.2, 0.25) is 11.8 Å². The van der Waals surface area contributed by atoms with Gasteiger partial charge in [-0.15, -0.1) is 24.9 Å². The van der Waals surface area contributed by atoms with Crippen LogP contribution < -0.4 is 9.80 Å². The van der Waals surface area contributed by atoms with Gasteiger partial charge in [0.1, 0.15) is 6.04 Å². The zero-order valence-corrected chi connectivity index (χ0v) is 27.9. The van der Waals surface area contributed by atoms with Crippen LogP contribution in [-0.2, 0) is 14.4 Å². The Morgan fingerprint density at radius 3 is 2.30 bits per heavy atom. The topological polar surface area (TPSA) is 81.2 Å². The molecule has 3 saturated heterocycles. The summed E-state index contributed by atoms with van der Waals surface area (Å²) in [4.78, 5) is 49.3. The van der Waals surface area contributed by atoms with E-state index in [1.807, 2.05) is 62.4 Å². The third-order valence-corrected chi connectivity index (χ3v) is 12.5. The highest BCUT2D eigenvalue weighted by Gasteiger charge is 2.76. The zero-order valence-electron chi connectivity index (χ0n) is 25.5. The molecule has 3 fully saturated rings. The van der Waals surface area contributed by atoms with Gasteiger partial charge in [-0.3, -0.25) is 14.4 Å². The number of carbonyl (C=O) groups is 3. The molecule has 3 amide bonds. The molecule has 3 heterocycles. The molecular formula is C35H42BrN3O4S. The molecule has 6 atom stereocenters. The maximum atomic E-state index is 15.0. The molecule has 2 aromatic rings. The van der Waals surface area contributed by atoms with Gasteiger partial charge >= 0.3 is 0 Å². The maximum Gasteiger partial charge on any atom is 0.251 e. The van der Waals surface area contributed by atoms with Crippen LogP contribution in [0, 0.1) is 25.7 Å². The summed E-state index contributed by atoms with van der Waals surface area (Å²) in [5.41, 5.74) is 3.56. The smallest absolute Gasteiger partial charge is 0.251 e. The van der Waals surface area contributed by atoms with Crippen molar-refractivity contribution in [2.75, 3.05) is 36.0 Å². The largest absolute Gasteiger partial charge is 0.396 e. The normalized spacial score (nSPS) is 26.9. The number of anilines is 2. The summed E-state index contributed by atoms with van der Waals surface area (Å²) in [5.74, 6) is -1.57. The van der Waals surface area contributed by atoms with Gasteiger partial charge in [0.15, 0.2) is 0 Å². The Morgan fingerprint density at radius 2 is 1.66 bits per heavy atom. The van der Waals surface area contributed by atoms with E-state index in [2.05, 4.69) is 29.1 Å². The summed E-state index contributed by atoms with van der Waals surface area (Å²) < 4.78 is -0.753. The first-order valence-corrected chi connectivity index (χ1v) is 17.2. The summed E-state index contributed by atoms with van der Waals surface area (Å²) in [5, 5.41) is 9.24. The number of unbranched alkanes of at least 4 members (excludes halogenated alkanes) is 2. The number of nitrogens with zero attached hydrogens (tertiary/aromatic N) is 3. The molecule has 2 aromatic carbocycles. The Morgan fingerprint density at radius 1 is 1.00 bits per heavy atom. The number of likely N-dealkylation sites (tertiary alicyclic amines) is 1. The fraction of sp³-hybridized carbons (Fsp3) is 0.457. The summed E-state index contributed by atoms with van der Waals surface area (Å²) >= 11 is 5.55. The van der Waals surface area contributed by atoms with Crippen molar-refractivity contribution in [1.29, 1.82) is 0 Å². The molecule has 0 aliphatic carbocycles. The minimum atomic E-state index is -0.753. The van der Waals surface area contributed by atoms with E-state index < -0.39 is 22.6 Å². The monoisotopic (exact) mass is 679 g/mol. The van der Waals surface area contributed by atoms with Gasteiger partial charge in [-0.25, -0.2) is 0 Å². The quantitative estimate of drug-likeness (QED) is 0.168. The van der Waals surface area contributed by atoms with Crippen LogP contribution in [-0.4, -0.2) is 74.8 Å². The maximum absolute atomic E-state index is 15.0. The van der Waals surface area contributed by atoms with Crippen molar-refractivity contribution in [2.45, 2.75) is 60.4 Å². The number of benzene rings is 2. The van der Waals surface area contributed by atoms with Crippen LogP contribution in [0.15, 0.2) is 73.8 Å². The third-order valence-electron chi connectivity index (χ3n) is 9.30. The Kier molecular flexibility index (Phi) is 10.1. The van der Waals surface area contributed by atoms with Gasteiger partial charge in [0.25, 0.3) is 5.91 Å². The fourth-order valence-corrected chi connectivity index (χ4v) is 11.1. The van der Waals surface area contributed by atoms with E-state index in [1.165, 1.54) is 0 Å². The van der Waals surface area contributed by atoms with Crippen molar-refractivity contribution in [1.82, 2.24) is 4.90 Å². The molecule has 3 aliphatic heterocycles. The molecule has 3 unspecified atom stereocenters. The van der Waals surface area contributed by atoms with E-state index in [4.69, 9.17) is 0 Å². The molecule has 234 valence electrons. The lowest BCUT2D eigenvalue weighted by atomic mass is 9.70. The minimum absolute atomic E-state index is 0.0236. The Balaban J connectivity index is 1.59. The lowest BCUT2D eigenvalue weighted by molar-refractivity contribution is -0.139. The Bertz CT molecular complexity index is 1400. The van der Waals surface area contributed by atoms with Gasteiger partial charge in [-0.05, 0) is 62.8 Å². The number of hydrogen-bond donors (Lipinski definition) is 1. The fourth-order valence-electron chi connectivity index (χ4n) is 7.54. The number of thioether (sulfide) groups is 1. The number of aliphatic hydroxyl groups excluding tert-OH is 1. The van der Waals surface area contributed by atoms with Crippen LogP contribution in [0.4, 0.5) is 11.4 Å². The molecular weight excluding hydrogens is 638 g/mol. The van der Waals surface area contributed by atoms with Crippen LogP contribution in [0.2, 0.25) is 0 Å². The second kappa shape index (κ2) is 13.6. The number of amides is 3. The van der Waals surface area contributed by atoms with Gasteiger partial charge in [-0.2, -0.15) is 0 Å². The highest BCUT2D eigenvalue weighted by molar-refractivity contribution is 9.09. The molecule has 1 spiro atoms.